The summed E-state index contributed by atoms with van der Waals surface area (Å²) in [7, 11) is 1.55. The lowest BCUT2D eigenvalue weighted by atomic mass is 10.0. The Hall–Kier alpha value is -5.25. The number of rotatable bonds is 11. The Balaban J connectivity index is 0.920. The first-order chi connectivity index (χ1) is 25.1. The topological polar surface area (TPSA) is 146 Å². The largest absolute Gasteiger partial charge is 0.493 e. The summed E-state index contributed by atoms with van der Waals surface area (Å²) in [4.78, 5) is 64.0. The second-order valence-corrected chi connectivity index (χ2v) is 13.1. The number of aromatic nitrogens is 2. The first kappa shape index (κ1) is 35.2. The van der Waals surface area contributed by atoms with Gasteiger partial charge >= 0.3 is 0 Å². The minimum atomic E-state index is -1.15. The van der Waals surface area contributed by atoms with Crippen molar-refractivity contribution >= 4 is 57.6 Å². The van der Waals surface area contributed by atoms with Crippen LogP contribution < -0.4 is 20.1 Å². The highest BCUT2D eigenvalue weighted by Crippen LogP contribution is 2.36. The number of methoxy groups -OCH3 is 1. The van der Waals surface area contributed by atoms with E-state index in [1.165, 1.54) is 30.6 Å². The molecule has 52 heavy (non-hydrogen) atoms. The molecule has 1 unspecified atom stereocenters. The van der Waals surface area contributed by atoms with Gasteiger partial charge in [-0.15, -0.1) is 0 Å². The first-order valence-corrected chi connectivity index (χ1v) is 17.1. The van der Waals surface area contributed by atoms with Crippen molar-refractivity contribution < 1.29 is 37.4 Å². The second-order valence-electron chi connectivity index (χ2n) is 12.7. The first-order valence-electron chi connectivity index (χ1n) is 16.8. The van der Waals surface area contributed by atoms with Crippen molar-refractivity contribution in [1.29, 1.82) is 0 Å². The molecule has 0 aliphatic carbocycles. The van der Waals surface area contributed by atoms with Crippen molar-refractivity contribution in [2.45, 2.75) is 31.8 Å². The summed E-state index contributed by atoms with van der Waals surface area (Å²) in [5.74, 6) is -2.56. The van der Waals surface area contributed by atoms with Crippen LogP contribution in [0.15, 0.2) is 48.8 Å². The van der Waals surface area contributed by atoms with Crippen molar-refractivity contribution in [1.82, 2.24) is 30.0 Å². The molecular formula is C36H34ClF2N7O6. The molecule has 7 rings (SSSR count). The van der Waals surface area contributed by atoms with Gasteiger partial charge in [-0.3, -0.25) is 34.3 Å². The summed E-state index contributed by atoms with van der Waals surface area (Å²) in [6.07, 6.45) is 2.13. The third-order valence-corrected chi connectivity index (χ3v) is 9.75. The highest BCUT2D eigenvalue weighted by molar-refractivity contribution is 6.31. The molecule has 4 aromatic rings. The van der Waals surface area contributed by atoms with Gasteiger partial charge in [0.1, 0.15) is 29.8 Å². The number of benzene rings is 3. The van der Waals surface area contributed by atoms with Gasteiger partial charge in [0.05, 0.1) is 35.4 Å². The van der Waals surface area contributed by atoms with Crippen molar-refractivity contribution in [2.75, 3.05) is 51.8 Å². The van der Waals surface area contributed by atoms with Gasteiger partial charge in [0.2, 0.25) is 11.8 Å². The molecule has 270 valence electrons. The third-order valence-electron chi connectivity index (χ3n) is 9.46. The van der Waals surface area contributed by atoms with E-state index in [4.69, 9.17) is 21.1 Å². The Bertz CT molecular complexity index is 2090. The Morgan fingerprint density at radius 2 is 1.75 bits per heavy atom. The van der Waals surface area contributed by atoms with E-state index in [-0.39, 0.29) is 35.5 Å². The van der Waals surface area contributed by atoms with Crippen molar-refractivity contribution in [3.05, 3.63) is 82.1 Å². The van der Waals surface area contributed by atoms with Gasteiger partial charge < -0.3 is 19.7 Å². The number of carbonyl (C=O) groups excluding carboxylic acids is 4. The van der Waals surface area contributed by atoms with Crippen LogP contribution in [0.4, 0.5) is 20.3 Å². The van der Waals surface area contributed by atoms with E-state index in [2.05, 4.69) is 30.4 Å². The van der Waals surface area contributed by atoms with E-state index in [0.717, 1.165) is 31.0 Å². The maximum Gasteiger partial charge on any atom is 0.265 e. The summed E-state index contributed by atoms with van der Waals surface area (Å²) in [5.41, 5.74) is 1.08. The number of imide groups is 2. The van der Waals surface area contributed by atoms with Crippen LogP contribution in [-0.4, -0.2) is 101 Å². The van der Waals surface area contributed by atoms with Crippen LogP contribution in [-0.2, 0) is 16.1 Å². The molecule has 0 spiro atoms. The number of hydrogen-bond acceptors (Lipinski definition) is 11. The van der Waals surface area contributed by atoms with Crippen molar-refractivity contribution in [2.24, 2.45) is 0 Å². The molecular weight excluding hydrogens is 700 g/mol. The fourth-order valence-corrected chi connectivity index (χ4v) is 6.89. The van der Waals surface area contributed by atoms with Crippen molar-refractivity contribution in [3.8, 4) is 11.5 Å². The summed E-state index contributed by atoms with van der Waals surface area (Å²) >= 11 is 5.95. The van der Waals surface area contributed by atoms with Gasteiger partial charge in [-0.25, -0.2) is 18.7 Å². The van der Waals surface area contributed by atoms with E-state index in [9.17, 15) is 23.6 Å². The van der Waals surface area contributed by atoms with Gasteiger partial charge in [-0.05, 0) is 43.2 Å². The number of piperazine rings is 1. The van der Waals surface area contributed by atoms with E-state index >= 15 is 4.39 Å². The molecule has 0 saturated carbocycles. The zero-order valence-corrected chi connectivity index (χ0v) is 28.8. The number of nitrogens with one attached hydrogen (secondary N) is 2. The Labute approximate surface area is 301 Å². The average molecular weight is 734 g/mol. The van der Waals surface area contributed by atoms with E-state index < -0.39 is 41.3 Å². The molecule has 16 heteroatoms. The number of anilines is 2. The number of fused-ring (bicyclic) bond motifs is 2. The molecule has 13 nitrogen and oxygen atoms in total. The van der Waals surface area contributed by atoms with Crippen molar-refractivity contribution in [3.63, 3.8) is 0 Å². The molecule has 3 aromatic carbocycles. The highest BCUT2D eigenvalue weighted by atomic mass is 35.5. The quantitative estimate of drug-likeness (QED) is 0.168. The minimum absolute atomic E-state index is 0.00301. The van der Waals surface area contributed by atoms with Gasteiger partial charge in [-0.2, -0.15) is 0 Å². The molecule has 3 aliphatic heterocycles. The van der Waals surface area contributed by atoms with Crippen LogP contribution in [0.3, 0.4) is 0 Å². The molecule has 0 bridgehead atoms. The second kappa shape index (κ2) is 14.8. The predicted octanol–water partition coefficient (Wildman–Crippen LogP) is 4.30. The molecule has 4 heterocycles. The number of carbonyl (C=O) groups is 4. The molecule has 1 aromatic heterocycles. The average Bonchev–Trinajstić information content (AvgIpc) is 3.39. The molecule has 4 amide bonds. The smallest absolute Gasteiger partial charge is 0.265 e. The van der Waals surface area contributed by atoms with Gasteiger partial charge in [0.15, 0.2) is 11.5 Å². The maximum absolute atomic E-state index is 15.7. The Morgan fingerprint density at radius 3 is 2.50 bits per heavy atom. The van der Waals surface area contributed by atoms with Crippen LogP contribution in [0, 0.1) is 11.6 Å². The van der Waals surface area contributed by atoms with Crippen LogP contribution >= 0.6 is 11.6 Å². The molecule has 2 fully saturated rings. The number of piperidine rings is 1. The lowest BCUT2D eigenvalue weighted by Gasteiger charge is -2.34. The fraction of sp³-hybridized carbons (Fsp3) is 0.333. The van der Waals surface area contributed by atoms with E-state index in [1.54, 1.807) is 25.3 Å². The monoisotopic (exact) mass is 733 g/mol. The summed E-state index contributed by atoms with van der Waals surface area (Å²) in [6, 6.07) is 9.67. The molecule has 3 aliphatic rings. The zero-order chi connectivity index (χ0) is 36.5. The van der Waals surface area contributed by atoms with Crippen LogP contribution in [0.25, 0.3) is 10.9 Å². The molecule has 0 radical (unpaired) electrons. The number of halogens is 3. The Morgan fingerprint density at radius 1 is 0.962 bits per heavy atom. The van der Waals surface area contributed by atoms with Gasteiger partial charge in [0, 0.05) is 68.4 Å². The number of hydrogen-bond donors (Lipinski definition) is 2. The normalized spacial score (nSPS) is 18.2. The molecule has 2 N–H and O–H groups in total. The molecule has 2 saturated heterocycles. The summed E-state index contributed by atoms with van der Waals surface area (Å²) in [5, 5.41) is 5.97. The summed E-state index contributed by atoms with van der Waals surface area (Å²) < 4.78 is 41.1. The standard InChI is InChI=1S/C36H34ClF2N7O6/c1-51-28-17-26-23(33(41-19-40-26)42-21-4-6-25(38)24(37)15-21)16-29(28)52-14-2-9-44-10-12-45(13-11-44)18-20-3-5-22-31(32(20)39)36(50)46(35(22)49)27-7-8-30(47)43-34(27)48/h3-6,15-17,19,27H,2,7-14,18H2,1H3,(H,40,41,42)(H,43,47,48). The SMILES string of the molecule is COc1cc2ncnc(Nc3ccc(F)c(Cl)c3)c2cc1OCCCN1CCN(Cc2ccc3c(c2F)C(=O)N(C2CCC(=O)NC2=O)C3=O)CC1. The zero-order valence-electron chi connectivity index (χ0n) is 28.1. The lowest BCUT2D eigenvalue weighted by Crippen LogP contribution is -2.54. The fourth-order valence-electron chi connectivity index (χ4n) is 6.71. The van der Waals surface area contributed by atoms with Gasteiger partial charge in [0.25, 0.3) is 11.8 Å². The predicted molar refractivity (Wildman–Crippen MR) is 186 cm³/mol. The van der Waals surface area contributed by atoms with Crippen LogP contribution in [0.1, 0.15) is 45.5 Å². The van der Waals surface area contributed by atoms with Crippen LogP contribution in [0.5, 0.6) is 11.5 Å². The lowest BCUT2D eigenvalue weighted by molar-refractivity contribution is -0.136. The van der Waals surface area contributed by atoms with E-state index in [1.807, 2.05) is 0 Å². The summed E-state index contributed by atoms with van der Waals surface area (Å²) in [6.45, 7) is 4.26. The molecule has 1 atom stereocenters. The maximum atomic E-state index is 15.7. The van der Waals surface area contributed by atoms with E-state index in [0.29, 0.717) is 59.2 Å². The third kappa shape index (κ3) is 6.98. The number of ether oxygens (including phenoxy) is 2. The Kier molecular flexibility index (Phi) is 9.99. The minimum Gasteiger partial charge on any atom is -0.493 e. The number of amides is 4. The number of nitrogens with zero attached hydrogens (tertiary/aromatic N) is 5. The van der Waals surface area contributed by atoms with Crippen LogP contribution in [0.2, 0.25) is 5.02 Å². The van der Waals surface area contributed by atoms with Gasteiger partial charge in [-0.1, -0.05) is 17.7 Å². The highest BCUT2D eigenvalue weighted by Gasteiger charge is 2.46.